The second kappa shape index (κ2) is 7.92. The zero-order valence-corrected chi connectivity index (χ0v) is 13.6. The maximum Gasteiger partial charge on any atom is 0.274 e. The molecule has 0 bridgehead atoms. The molecule has 23 heavy (non-hydrogen) atoms. The van der Waals surface area contributed by atoms with Gasteiger partial charge in [-0.2, -0.15) is 0 Å². The molecule has 0 saturated carbocycles. The highest BCUT2D eigenvalue weighted by Gasteiger charge is 2.20. The lowest BCUT2D eigenvalue weighted by atomic mass is 10.2. The Morgan fingerprint density at radius 1 is 1.30 bits per heavy atom. The maximum absolute atomic E-state index is 12.5. The van der Waals surface area contributed by atoms with Crippen LogP contribution in [0.4, 0.5) is 5.69 Å². The van der Waals surface area contributed by atoms with Gasteiger partial charge in [0.1, 0.15) is 5.69 Å². The number of hydrogen-bond acceptors (Lipinski definition) is 4. The third-order valence-corrected chi connectivity index (χ3v) is 3.76. The van der Waals surface area contributed by atoms with Crippen molar-refractivity contribution in [3.8, 4) is 0 Å². The molecule has 126 valence electrons. The number of pyridine rings is 1. The molecule has 1 aromatic heterocycles. The van der Waals surface area contributed by atoms with Crippen LogP contribution in [0.15, 0.2) is 17.1 Å². The van der Waals surface area contributed by atoms with Gasteiger partial charge >= 0.3 is 0 Å². The summed E-state index contributed by atoms with van der Waals surface area (Å²) in [7, 11) is 1.57. The molecule has 1 aliphatic heterocycles. The summed E-state index contributed by atoms with van der Waals surface area (Å²) in [5, 5.41) is 2.62. The number of ether oxygens (including phenoxy) is 1. The van der Waals surface area contributed by atoms with Gasteiger partial charge in [0.25, 0.3) is 11.5 Å². The molecule has 0 aromatic carbocycles. The number of aromatic nitrogens is 1. The first kappa shape index (κ1) is 17.2. The summed E-state index contributed by atoms with van der Waals surface area (Å²) >= 11 is 0. The largest absolute Gasteiger partial charge is 0.378 e. The lowest BCUT2D eigenvalue weighted by molar-refractivity contribution is -0.116. The zero-order valence-electron chi connectivity index (χ0n) is 13.6. The average Bonchev–Trinajstić information content (AvgIpc) is 2.57. The van der Waals surface area contributed by atoms with E-state index in [4.69, 9.17) is 4.74 Å². The summed E-state index contributed by atoms with van der Waals surface area (Å²) in [4.78, 5) is 38.2. The maximum atomic E-state index is 12.5. The monoisotopic (exact) mass is 321 g/mol. The van der Waals surface area contributed by atoms with E-state index in [9.17, 15) is 14.4 Å². The highest BCUT2D eigenvalue weighted by molar-refractivity contribution is 5.96. The molecule has 2 heterocycles. The number of carbonyl (C=O) groups is 2. The Morgan fingerprint density at radius 3 is 2.65 bits per heavy atom. The number of amides is 2. The van der Waals surface area contributed by atoms with Crippen LogP contribution in [-0.2, 0) is 16.6 Å². The van der Waals surface area contributed by atoms with Crippen LogP contribution in [-0.4, -0.2) is 47.6 Å². The molecule has 0 aliphatic carbocycles. The molecule has 1 fully saturated rings. The molecule has 1 aliphatic rings. The Kier molecular flexibility index (Phi) is 5.92. The van der Waals surface area contributed by atoms with Crippen molar-refractivity contribution in [3.05, 3.63) is 28.2 Å². The summed E-state index contributed by atoms with van der Waals surface area (Å²) in [5.41, 5.74) is 0.209. The van der Waals surface area contributed by atoms with Crippen LogP contribution in [0.3, 0.4) is 0 Å². The number of nitrogens with one attached hydrogen (secondary N) is 1. The molecule has 0 unspecified atom stereocenters. The van der Waals surface area contributed by atoms with Crippen molar-refractivity contribution >= 4 is 17.5 Å². The minimum Gasteiger partial charge on any atom is -0.378 e. The average molecular weight is 321 g/mol. The number of carbonyl (C=O) groups excluding carboxylic acids is 2. The van der Waals surface area contributed by atoms with Gasteiger partial charge in [-0.25, -0.2) is 0 Å². The first-order chi connectivity index (χ1) is 11.0. The second-order valence-corrected chi connectivity index (χ2v) is 5.61. The summed E-state index contributed by atoms with van der Waals surface area (Å²) < 4.78 is 6.56. The van der Waals surface area contributed by atoms with Crippen LogP contribution < -0.4 is 10.9 Å². The van der Waals surface area contributed by atoms with Gasteiger partial charge in [0.05, 0.1) is 18.8 Å². The van der Waals surface area contributed by atoms with Crippen LogP contribution in [0.5, 0.6) is 0 Å². The molecule has 1 saturated heterocycles. The smallest absolute Gasteiger partial charge is 0.274 e. The van der Waals surface area contributed by atoms with Crippen molar-refractivity contribution in [1.82, 2.24) is 9.47 Å². The molecule has 1 aromatic rings. The van der Waals surface area contributed by atoms with Crippen LogP contribution in [0.2, 0.25) is 0 Å². The van der Waals surface area contributed by atoms with Gasteiger partial charge in [0.15, 0.2) is 0 Å². The third-order valence-electron chi connectivity index (χ3n) is 3.76. The van der Waals surface area contributed by atoms with E-state index >= 15 is 0 Å². The van der Waals surface area contributed by atoms with Crippen molar-refractivity contribution in [2.24, 2.45) is 7.05 Å². The number of rotatable bonds is 5. The molecule has 2 rings (SSSR count). The predicted octanol–water partition coefficient (Wildman–Crippen LogP) is 0.986. The Bertz CT molecular complexity index is 633. The van der Waals surface area contributed by atoms with Gasteiger partial charge in [0.2, 0.25) is 5.91 Å². The fourth-order valence-corrected chi connectivity index (χ4v) is 2.42. The molecule has 7 heteroatoms. The second-order valence-electron chi connectivity index (χ2n) is 5.61. The quantitative estimate of drug-likeness (QED) is 0.877. The standard InChI is InChI=1S/C16H23N3O4/c1-3-4-5-14(20)17-13-10-12(11-18(2)16(13)22)15(21)19-6-8-23-9-7-19/h10-11H,3-9H2,1-2H3,(H,17,20). The first-order valence-corrected chi connectivity index (χ1v) is 7.90. The molecule has 0 atom stereocenters. The highest BCUT2D eigenvalue weighted by atomic mass is 16.5. The Balaban J connectivity index is 2.19. The number of anilines is 1. The molecule has 1 N–H and O–H groups in total. The van der Waals surface area contributed by atoms with E-state index in [1.807, 2.05) is 6.92 Å². The molecule has 7 nitrogen and oxygen atoms in total. The van der Waals surface area contributed by atoms with Crippen molar-refractivity contribution in [3.63, 3.8) is 0 Å². The van der Waals surface area contributed by atoms with E-state index in [2.05, 4.69) is 5.32 Å². The molecule has 2 amide bonds. The number of hydrogen-bond donors (Lipinski definition) is 1. The summed E-state index contributed by atoms with van der Waals surface area (Å²) in [5.74, 6) is -0.368. The van der Waals surface area contributed by atoms with Crippen LogP contribution in [0.25, 0.3) is 0 Å². The Morgan fingerprint density at radius 2 is 2.00 bits per heavy atom. The van der Waals surface area contributed by atoms with Crippen molar-refractivity contribution < 1.29 is 14.3 Å². The first-order valence-electron chi connectivity index (χ1n) is 7.90. The molecule has 0 radical (unpaired) electrons. The highest BCUT2D eigenvalue weighted by Crippen LogP contribution is 2.11. The summed E-state index contributed by atoms with van der Waals surface area (Å²) in [6.45, 7) is 4.07. The van der Waals surface area contributed by atoms with E-state index in [1.54, 1.807) is 11.9 Å². The van der Waals surface area contributed by atoms with Gasteiger partial charge in [-0.05, 0) is 12.5 Å². The van der Waals surface area contributed by atoms with Crippen LogP contribution in [0.1, 0.15) is 36.5 Å². The van der Waals surface area contributed by atoms with E-state index in [0.29, 0.717) is 38.3 Å². The van der Waals surface area contributed by atoms with Gasteiger partial charge in [0, 0.05) is 32.8 Å². The van der Waals surface area contributed by atoms with E-state index in [0.717, 1.165) is 12.8 Å². The van der Waals surface area contributed by atoms with Gasteiger partial charge in [-0.15, -0.1) is 0 Å². The fourth-order valence-electron chi connectivity index (χ4n) is 2.42. The Labute approximate surface area is 135 Å². The molecule has 0 spiro atoms. The number of morpholine rings is 1. The number of aryl methyl sites for hydroxylation is 1. The normalized spacial score (nSPS) is 14.6. The number of nitrogens with zero attached hydrogens (tertiary/aromatic N) is 2. The lowest BCUT2D eigenvalue weighted by Gasteiger charge is -2.27. The minimum atomic E-state index is -0.326. The third kappa shape index (κ3) is 4.41. The minimum absolute atomic E-state index is 0.146. The molecular formula is C16H23N3O4. The zero-order chi connectivity index (χ0) is 16.8. The summed E-state index contributed by atoms with van der Waals surface area (Å²) in [6.07, 6.45) is 3.53. The van der Waals surface area contributed by atoms with Crippen molar-refractivity contribution in [2.45, 2.75) is 26.2 Å². The van der Waals surface area contributed by atoms with Crippen molar-refractivity contribution in [1.29, 1.82) is 0 Å². The van der Waals surface area contributed by atoms with Gasteiger partial charge in [-0.1, -0.05) is 13.3 Å². The van der Waals surface area contributed by atoms with Crippen molar-refractivity contribution in [2.75, 3.05) is 31.6 Å². The topological polar surface area (TPSA) is 80.6 Å². The lowest BCUT2D eigenvalue weighted by Crippen LogP contribution is -2.41. The van der Waals surface area contributed by atoms with E-state index in [-0.39, 0.29) is 23.1 Å². The van der Waals surface area contributed by atoms with Crippen LogP contribution in [0, 0.1) is 0 Å². The fraction of sp³-hybridized carbons (Fsp3) is 0.562. The molecular weight excluding hydrogens is 298 g/mol. The SMILES string of the molecule is CCCCC(=O)Nc1cc(C(=O)N2CCOCC2)cn(C)c1=O. The van der Waals surface area contributed by atoms with E-state index in [1.165, 1.54) is 16.8 Å². The van der Waals surface area contributed by atoms with Gasteiger partial charge < -0.3 is 19.5 Å². The van der Waals surface area contributed by atoms with E-state index < -0.39 is 0 Å². The van der Waals surface area contributed by atoms with Crippen LogP contribution >= 0.6 is 0 Å². The number of unbranched alkanes of at least 4 members (excludes halogenated alkanes) is 1. The predicted molar refractivity (Wildman–Crippen MR) is 86.6 cm³/mol. The summed E-state index contributed by atoms with van der Waals surface area (Å²) in [6, 6.07) is 1.46. The Hall–Kier alpha value is -2.15. The van der Waals surface area contributed by atoms with Gasteiger partial charge in [-0.3, -0.25) is 14.4 Å².